The van der Waals surface area contributed by atoms with Gasteiger partial charge in [0.2, 0.25) is 0 Å². The minimum absolute atomic E-state index is 0.0666. The van der Waals surface area contributed by atoms with Gasteiger partial charge in [0, 0.05) is 30.0 Å². The maximum absolute atomic E-state index is 13.2. The lowest BCUT2D eigenvalue weighted by molar-refractivity contribution is 0.102. The maximum Gasteiger partial charge on any atom is 0.259 e. The molecule has 0 spiro atoms. The van der Waals surface area contributed by atoms with Crippen LogP contribution in [-0.4, -0.2) is 36.4 Å². The van der Waals surface area contributed by atoms with Gasteiger partial charge >= 0.3 is 0 Å². The topological polar surface area (TPSA) is 86.3 Å². The SMILES string of the molecule is CC(C)Oc1cc2nn(C3CCCCC3)cc2cc1C(=O)Nc1cnn2cccnc12. The molecule has 0 saturated heterocycles. The lowest BCUT2D eigenvalue weighted by Gasteiger charge is -2.21. The molecule has 0 bridgehead atoms. The van der Waals surface area contributed by atoms with E-state index in [2.05, 4.69) is 26.3 Å². The van der Waals surface area contributed by atoms with Crippen LogP contribution in [0.2, 0.25) is 0 Å². The Morgan fingerprint density at radius 2 is 2.06 bits per heavy atom. The fraction of sp³-hybridized carbons (Fsp3) is 0.391. The first kappa shape index (κ1) is 19.5. The first-order valence-corrected chi connectivity index (χ1v) is 10.9. The van der Waals surface area contributed by atoms with Gasteiger partial charge in [0.15, 0.2) is 5.65 Å². The molecule has 1 saturated carbocycles. The number of nitrogens with zero attached hydrogens (tertiary/aromatic N) is 5. The van der Waals surface area contributed by atoms with Crippen LogP contribution in [0.4, 0.5) is 5.69 Å². The Morgan fingerprint density at radius 1 is 1.23 bits per heavy atom. The van der Waals surface area contributed by atoms with E-state index in [4.69, 9.17) is 9.84 Å². The minimum atomic E-state index is -0.261. The van der Waals surface area contributed by atoms with Crippen LogP contribution < -0.4 is 10.1 Å². The molecule has 5 rings (SSSR count). The highest BCUT2D eigenvalue weighted by Gasteiger charge is 2.21. The number of anilines is 1. The molecule has 1 aliphatic rings. The molecule has 0 aliphatic heterocycles. The number of ether oxygens (including phenoxy) is 1. The van der Waals surface area contributed by atoms with Crippen LogP contribution in [0.5, 0.6) is 5.75 Å². The van der Waals surface area contributed by atoms with E-state index in [0.717, 1.165) is 23.7 Å². The van der Waals surface area contributed by atoms with Crippen molar-refractivity contribution in [2.75, 3.05) is 5.32 Å². The summed E-state index contributed by atoms with van der Waals surface area (Å²) in [5, 5.41) is 12.9. The molecular formula is C23H26N6O2. The van der Waals surface area contributed by atoms with E-state index >= 15 is 0 Å². The minimum Gasteiger partial charge on any atom is -0.490 e. The Morgan fingerprint density at radius 3 is 2.87 bits per heavy atom. The summed E-state index contributed by atoms with van der Waals surface area (Å²) in [7, 11) is 0. The van der Waals surface area contributed by atoms with Crippen LogP contribution in [0.25, 0.3) is 16.6 Å². The fourth-order valence-electron chi connectivity index (χ4n) is 4.24. The smallest absolute Gasteiger partial charge is 0.259 e. The second-order valence-electron chi connectivity index (χ2n) is 8.37. The molecule has 1 N–H and O–H groups in total. The van der Waals surface area contributed by atoms with Crippen LogP contribution in [0.15, 0.2) is 43.0 Å². The van der Waals surface area contributed by atoms with Gasteiger partial charge in [-0.2, -0.15) is 10.2 Å². The van der Waals surface area contributed by atoms with E-state index in [9.17, 15) is 4.79 Å². The summed E-state index contributed by atoms with van der Waals surface area (Å²) < 4.78 is 9.68. The number of amides is 1. The van der Waals surface area contributed by atoms with E-state index in [1.807, 2.05) is 26.0 Å². The van der Waals surface area contributed by atoms with Gasteiger partial charge < -0.3 is 10.1 Å². The maximum atomic E-state index is 13.2. The largest absolute Gasteiger partial charge is 0.490 e. The molecule has 1 fully saturated rings. The molecule has 4 aromatic rings. The Kier molecular flexibility index (Phi) is 5.05. The molecule has 1 aliphatic carbocycles. The van der Waals surface area contributed by atoms with Crippen molar-refractivity contribution in [1.29, 1.82) is 0 Å². The third kappa shape index (κ3) is 3.85. The quantitative estimate of drug-likeness (QED) is 0.511. The predicted molar refractivity (Wildman–Crippen MR) is 119 cm³/mol. The summed E-state index contributed by atoms with van der Waals surface area (Å²) >= 11 is 0. The highest BCUT2D eigenvalue weighted by molar-refractivity contribution is 6.09. The number of nitrogens with one attached hydrogen (secondary N) is 1. The molecule has 1 amide bonds. The van der Waals surface area contributed by atoms with Crippen molar-refractivity contribution in [3.63, 3.8) is 0 Å². The summed E-state index contributed by atoms with van der Waals surface area (Å²) in [6, 6.07) is 5.96. The molecule has 8 heteroatoms. The van der Waals surface area contributed by atoms with Gasteiger partial charge in [-0.3, -0.25) is 9.48 Å². The first-order valence-electron chi connectivity index (χ1n) is 10.9. The molecule has 8 nitrogen and oxygen atoms in total. The highest BCUT2D eigenvalue weighted by Crippen LogP contribution is 2.32. The Labute approximate surface area is 180 Å². The lowest BCUT2D eigenvalue weighted by atomic mass is 9.96. The average molecular weight is 419 g/mol. The molecular weight excluding hydrogens is 392 g/mol. The van der Waals surface area contributed by atoms with Crippen LogP contribution in [-0.2, 0) is 0 Å². The number of rotatable bonds is 5. The van der Waals surface area contributed by atoms with E-state index < -0.39 is 0 Å². The fourth-order valence-corrected chi connectivity index (χ4v) is 4.24. The van der Waals surface area contributed by atoms with Crippen LogP contribution in [0.3, 0.4) is 0 Å². The van der Waals surface area contributed by atoms with Crippen molar-refractivity contribution in [3.05, 3.63) is 48.5 Å². The monoisotopic (exact) mass is 418 g/mol. The zero-order chi connectivity index (χ0) is 21.4. The number of aromatic nitrogens is 5. The van der Waals surface area contributed by atoms with Gasteiger partial charge in [-0.1, -0.05) is 19.3 Å². The highest BCUT2D eigenvalue weighted by atomic mass is 16.5. The molecule has 0 unspecified atom stereocenters. The van der Waals surface area contributed by atoms with E-state index in [1.54, 1.807) is 29.2 Å². The van der Waals surface area contributed by atoms with Crippen molar-refractivity contribution in [2.45, 2.75) is 58.1 Å². The Hall–Kier alpha value is -3.42. The van der Waals surface area contributed by atoms with Gasteiger partial charge in [0.05, 0.1) is 29.4 Å². The summed E-state index contributed by atoms with van der Waals surface area (Å²) in [5.41, 5.74) is 2.46. The normalized spacial score (nSPS) is 15.1. The van der Waals surface area contributed by atoms with Crippen LogP contribution in [0.1, 0.15) is 62.4 Å². The van der Waals surface area contributed by atoms with Gasteiger partial charge in [0.1, 0.15) is 11.4 Å². The third-order valence-corrected chi connectivity index (χ3v) is 5.71. The van der Waals surface area contributed by atoms with Gasteiger partial charge in [-0.25, -0.2) is 9.50 Å². The number of hydrogen-bond donors (Lipinski definition) is 1. The van der Waals surface area contributed by atoms with E-state index in [0.29, 0.717) is 28.7 Å². The number of benzene rings is 1. The molecule has 31 heavy (non-hydrogen) atoms. The number of fused-ring (bicyclic) bond motifs is 2. The number of hydrogen-bond acceptors (Lipinski definition) is 5. The zero-order valence-corrected chi connectivity index (χ0v) is 17.8. The molecule has 3 aromatic heterocycles. The van der Waals surface area contributed by atoms with Crippen LogP contribution in [0, 0.1) is 0 Å². The molecule has 0 atom stereocenters. The summed E-state index contributed by atoms with van der Waals surface area (Å²) in [5.74, 6) is 0.266. The molecule has 3 heterocycles. The summed E-state index contributed by atoms with van der Waals surface area (Å²) in [6.45, 7) is 3.89. The van der Waals surface area contributed by atoms with Crippen LogP contribution >= 0.6 is 0 Å². The van der Waals surface area contributed by atoms with Crippen molar-refractivity contribution in [1.82, 2.24) is 24.4 Å². The van der Waals surface area contributed by atoms with Gasteiger partial charge in [-0.05, 0) is 38.8 Å². The molecule has 1 aromatic carbocycles. The Balaban J connectivity index is 1.51. The van der Waals surface area contributed by atoms with Crippen molar-refractivity contribution < 1.29 is 9.53 Å². The number of carbonyl (C=O) groups is 1. The lowest BCUT2D eigenvalue weighted by Crippen LogP contribution is -2.16. The number of carbonyl (C=O) groups excluding carboxylic acids is 1. The summed E-state index contributed by atoms with van der Waals surface area (Å²) in [6.07, 6.45) is 13.1. The van der Waals surface area contributed by atoms with Crippen molar-refractivity contribution >= 4 is 28.1 Å². The van der Waals surface area contributed by atoms with Gasteiger partial charge in [0.25, 0.3) is 5.91 Å². The van der Waals surface area contributed by atoms with Crippen molar-refractivity contribution in [2.24, 2.45) is 0 Å². The second kappa shape index (κ2) is 8.02. The predicted octanol–water partition coefficient (Wildman–Crippen LogP) is 4.62. The van der Waals surface area contributed by atoms with Crippen molar-refractivity contribution in [3.8, 4) is 5.75 Å². The first-order chi connectivity index (χ1) is 15.1. The summed E-state index contributed by atoms with van der Waals surface area (Å²) in [4.78, 5) is 17.5. The Bertz CT molecular complexity index is 1240. The van der Waals surface area contributed by atoms with E-state index in [-0.39, 0.29) is 12.0 Å². The van der Waals surface area contributed by atoms with Gasteiger partial charge in [-0.15, -0.1) is 0 Å². The third-order valence-electron chi connectivity index (χ3n) is 5.71. The zero-order valence-electron chi connectivity index (χ0n) is 17.8. The molecule has 0 radical (unpaired) electrons. The molecule has 160 valence electrons. The second-order valence-corrected chi connectivity index (χ2v) is 8.37. The average Bonchev–Trinajstić information content (AvgIpc) is 3.37. The van der Waals surface area contributed by atoms with E-state index in [1.165, 1.54) is 19.3 Å². The standard InChI is InChI=1S/C23H26N6O2/c1-15(2)31-21-12-19-16(14-29(27-19)17-7-4-3-5-8-17)11-18(21)23(30)26-20-13-25-28-10-6-9-24-22(20)28/h6,9-15,17H,3-5,7-8H2,1-2H3,(H,26,30).